The summed E-state index contributed by atoms with van der Waals surface area (Å²) in [6.45, 7) is 2.35. The van der Waals surface area contributed by atoms with Gasteiger partial charge in [-0.3, -0.25) is 0 Å². The summed E-state index contributed by atoms with van der Waals surface area (Å²) in [6, 6.07) is 48.6. The number of allylic oxidation sites excluding steroid dienone is 8. The van der Waals surface area contributed by atoms with E-state index in [1.54, 1.807) is 0 Å². The Balaban J connectivity index is 1.18. The number of benzene rings is 6. The minimum atomic E-state index is -0.555. The molecule has 1 spiro atoms. The third kappa shape index (κ3) is 4.28. The largest absolute Gasteiger partial charge is 0.461 e. The maximum Gasteiger partial charge on any atom is 0.139 e. The van der Waals surface area contributed by atoms with Crippen LogP contribution in [0.3, 0.4) is 0 Å². The van der Waals surface area contributed by atoms with Crippen molar-refractivity contribution in [3.8, 4) is 39.5 Å². The molecule has 0 saturated heterocycles. The van der Waals surface area contributed by atoms with Crippen molar-refractivity contribution in [2.24, 2.45) is 5.92 Å². The molecule has 4 aliphatic rings. The van der Waals surface area contributed by atoms with Crippen LogP contribution in [0.1, 0.15) is 36.5 Å². The van der Waals surface area contributed by atoms with Crippen LogP contribution in [0, 0.1) is 5.92 Å². The van der Waals surface area contributed by atoms with Gasteiger partial charge in [0, 0.05) is 44.5 Å². The monoisotopic (exact) mass is 683 g/mol. The minimum Gasteiger partial charge on any atom is -0.461 e. The zero-order valence-corrected chi connectivity index (χ0v) is 29.5. The first-order valence-corrected chi connectivity index (χ1v) is 18.7. The number of aromatic nitrogens is 1. The van der Waals surface area contributed by atoms with Gasteiger partial charge in [-0.05, 0) is 72.9 Å². The lowest BCUT2D eigenvalue weighted by Gasteiger charge is -2.50. The first-order chi connectivity index (χ1) is 26.1. The highest BCUT2D eigenvalue weighted by atomic mass is 16.5. The molecule has 53 heavy (non-hydrogen) atoms. The van der Waals surface area contributed by atoms with Crippen molar-refractivity contribution in [3.63, 3.8) is 0 Å². The van der Waals surface area contributed by atoms with E-state index >= 15 is 0 Å². The lowest BCUT2D eigenvalue weighted by Crippen LogP contribution is -2.45. The minimum absolute atomic E-state index is 0.0428. The normalized spacial score (nSPS) is 22.1. The average Bonchev–Trinajstić information content (AvgIpc) is 3.56. The van der Waals surface area contributed by atoms with E-state index in [4.69, 9.17) is 9.47 Å². The second-order valence-corrected chi connectivity index (χ2v) is 15.0. The zero-order chi connectivity index (χ0) is 35.1. The highest BCUT2D eigenvalue weighted by Crippen LogP contribution is 2.63. The van der Waals surface area contributed by atoms with E-state index in [1.165, 1.54) is 44.1 Å². The number of para-hydroxylation sites is 3. The van der Waals surface area contributed by atoms with Gasteiger partial charge in [0.1, 0.15) is 23.0 Å². The van der Waals surface area contributed by atoms with Crippen LogP contribution in [0.5, 0.6) is 17.2 Å². The molecule has 3 heterocycles. The van der Waals surface area contributed by atoms with Crippen molar-refractivity contribution < 1.29 is 9.47 Å². The number of hydrogen-bond donors (Lipinski definition) is 0. The van der Waals surface area contributed by atoms with E-state index in [0.717, 1.165) is 52.5 Å². The highest BCUT2D eigenvalue weighted by Gasteiger charge is 2.55. The number of nitrogens with zero attached hydrogens (tertiary/aromatic N) is 1. The van der Waals surface area contributed by atoms with Crippen molar-refractivity contribution in [1.29, 1.82) is 0 Å². The molecular formula is C50H37NO2. The fraction of sp³-hybridized carbons (Fsp3) is 0.120. The quantitative estimate of drug-likeness (QED) is 0.185. The second-order valence-electron chi connectivity index (χ2n) is 15.0. The van der Waals surface area contributed by atoms with Crippen LogP contribution in [0.25, 0.3) is 44.1 Å². The smallest absolute Gasteiger partial charge is 0.139 e. The van der Waals surface area contributed by atoms with Crippen molar-refractivity contribution in [2.75, 3.05) is 0 Å². The van der Waals surface area contributed by atoms with Crippen LogP contribution in [-0.2, 0) is 11.0 Å². The summed E-state index contributed by atoms with van der Waals surface area (Å²) in [5.41, 5.74) is 9.87. The molecule has 1 aromatic heterocycles. The molecule has 0 fully saturated rings. The van der Waals surface area contributed by atoms with E-state index in [2.05, 4.69) is 187 Å². The van der Waals surface area contributed by atoms with E-state index in [9.17, 15) is 0 Å². The number of fused-ring (bicyclic) bond motifs is 11. The summed E-state index contributed by atoms with van der Waals surface area (Å²) in [4.78, 5) is 0. The predicted octanol–water partition coefficient (Wildman–Crippen LogP) is 12.7. The molecule has 11 rings (SSSR count). The standard InChI is InChI=1S/C50H37NO2/c1-49(29-12-3-13-30-49)51-43-22-9-6-17-37(43)38-27-25-35(32-44(38)51)34-26-28-47-42(31-34)50(39-19-7-10-23-45(39)52-46-24-11-8-20-40(46)50)41-21-14-18-36(48(41)53-47)33-15-4-2-5-16-33/h2-19,21-29,31-32,40H,20,30H2,1H3. The maximum absolute atomic E-state index is 7.10. The van der Waals surface area contributed by atoms with Gasteiger partial charge in [-0.1, -0.05) is 140 Å². The zero-order valence-electron chi connectivity index (χ0n) is 29.5. The Morgan fingerprint density at radius 2 is 1.36 bits per heavy atom. The molecule has 3 atom stereocenters. The Labute approximate surface area is 309 Å². The Bertz CT molecular complexity index is 2760. The summed E-state index contributed by atoms with van der Waals surface area (Å²) < 4.78 is 16.4. The van der Waals surface area contributed by atoms with Gasteiger partial charge in [0.05, 0.1) is 16.5 Å². The topological polar surface area (TPSA) is 23.4 Å². The summed E-state index contributed by atoms with van der Waals surface area (Å²) in [7, 11) is 0. The molecule has 7 aromatic rings. The van der Waals surface area contributed by atoms with Crippen LogP contribution >= 0.6 is 0 Å². The number of ether oxygens (including phenoxy) is 2. The summed E-state index contributed by atoms with van der Waals surface area (Å²) in [6.07, 6.45) is 17.4. The molecule has 2 aliphatic carbocycles. The van der Waals surface area contributed by atoms with E-state index < -0.39 is 5.41 Å². The van der Waals surface area contributed by atoms with Gasteiger partial charge in [-0.15, -0.1) is 0 Å². The summed E-state index contributed by atoms with van der Waals surface area (Å²) in [5.74, 6) is 3.74. The van der Waals surface area contributed by atoms with E-state index in [0.29, 0.717) is 0 Å². The Morgan fingerprint density at radius 1 is 0.585 bits per heavy atom. The molecule has 3 unspecified atom stereocenters. The van der Waals surface area contributed by atoms with Crippen LogP contribution < -0.4 is 9.47 Å². The molecule has 0 radical (unpaired) electrons. The molecular weight excluding hydrogens is 647 g/mol. The number of hydrogen-bond acceptors (Lipinski definition) is 2. The van der Waals surface area contributed by atoms with Crippen molar-refractivity contribution in [1.82, 2.24) is 4.57 Å². The first-order valence-electron chi connectivity index (χ1n) is 18.7. The molecule has 3 heteroatoms. The van der Waals surface area contributed by atoms with Gasteiger partial charge in [-0.2, -0.15) is 0 Å². The summed E-state index contributed by atoms with van der Waals surface area (Å²) in [5, 5.41) is 2.56. The SMILES string of the molecule is CC1(n2c3ccccc3c3ccc(-c4ccc5c(c4)C4(c6ccccc6OC6=CC=CCC64)c4cccc(-c6ccccc6)c4O5)cc32)C=CC=CC1. The fourth-order valence-corrected chi connectivity index (χ4v) is 9.71. The van der Waals surface area contributed by atoms with Gasteiger partial charge in [0.25, 0.3) is 0 Å². The molecule has 254 valence electrons. The molecule has 3 nitrogen and oxygen atoms in total. The molecule has 6 aromatic carbocycles. The molecule has 0 amide bonds. The van der Waals surface area contributed by atoms with Crippen LogP contribution in [-0.4, -0.2) is 4.57 Å². The van der Waals surface area contributed by atoms with Gasteiger partial charge in [0.2, 0.25) is 0 Å². The first kappa shape index (κ1) is 30.3. The predicted molar refractivity (Wildman–Crippen MR) is 216 cm³/mol. The Hall–Kier alpha value is -6.32. The van der Waals surface area contributed by atoms with Crippen LogP contribution in [0.15, 0.2) is 182 Å². The van der Waals surface area contributed by atoms with Crippen molar-refractivity contribution in [3.05, 3.63) is 198 Å². The molecule has 0 saturated carbocycles. The maximum atomic E-state index is 7.10. The third-order valence-corrected chi connectivity index (χ3v) is 12.1. The second kappa shape index (κ2) is 11.3. The summed E-state index contributed by atoms with van der Waals surface area (Å²) >= 11 is 0. The van der Waals surface area contributed by atoms with Gasteiger partial charge in [0.15, 0.2) is 0 Å². The van der Waals surface area contributed by atoms with Gasteiger partial charge >= 0.3 is 0 Å². The van der Waals surface area contributed by atoms with Crippen molar-refractivity contribution >= 4 is 21.8 Å². The van der Waals surface area contributed by atoms with Gasteiger partial charge < -0.3 is 14.0 Å². The third-order valence-electron chi connectivity index (χ3n) is 12.1. The lowest BCUT2D eigenvalue weighted by atomic mass is 9.57. The van der Waals surface area contributed by atoms with E-state index in [1.807, 2.05) is 0 Å². The van der Waals surface area contributed by atoms with Crippen LogP contribution in [0.2, 0.25) is 0 Å². The number of rotatable bonds is 3. The molecule has 0 N–H and O–H groups in total. The van der Waals surface area contributed by atoms with Crippen molar-refractivity contribution in [2.45, 2.75) is 30.7 Å². The average molecular weight is 684 g/mol. The molecule has 2 aliphatic heterocycles. The fourth-order valence-electron chi connectivity index (χ4n) is 9.71. The lowest BCUT2D eigenvalue weighted by molar-refractivity contribution is 0.237. The Morgan fingerprint density at radius 3 is 2.26 bits per heavy atom. The van der Waals surface area contributed by atoms with E-state index in [-0.39, 0.29) is 11.5 Å². The Kier molecular flexibility index (Phi) is 6.49. The van der Waals surface area contributed by atoms with Crippen LogP contribution in [0.4, 0.5) is 0 Å². The molecule has 0 bridgehead atoms. The van der Waals surface area contributed by atoms with Gasteiger partial charge in [-0.25, -0.2) is 0 Å². The highest BCUT2D eigenvalue weighted by molar-refractivity contribution is 6.09.